The van der Waals surface area contributed by atoms with Crippen LogP contribution in [0.5, 0.6) is 5.75 Å². The molecular formula is C18H21FN2O3S. The topological polar surface area (TPSA) is 61.3 Å². The van der Waals surface area contributed by atoms with Crippen molar-refractivity contribution in [1.29, 1.82) is 0 Å². The lowest BCUT2D eigenvalue weighted by Crippen LogP contribution is -2.09. The number of hydrogen-bond donors (Lipinski definition) is 0. The van der Waals surface area contributed by atoms with Crippen molar-refractivity contribution in [3.8, 4) is 5.75 Å². The van der Waals surface area contributed by atoms with Crippen LogP contribution in [0.25, 0.3) is 0 Å². The molecule has 1 aromatic carbocycles. The van der Waals surface area contributed by atoms with E-state index in [-0.39, 0.29) is 24.7 Å². The van der Waals surface area contributed by atoms with Crippen molar-refractivity contribution in [1.82, 2.24) is 9.97 Å². The number of carbonyl (C=O) groups is 1. The SMILES string of the molecule is COc1ccc(COC(=O)CCc2c(C)nc(SC)nc2C)cc1F. The number of esters is 1. The third-order valence-electron chi connectivity index (χ3n) is 3.78. The van der Waals surface area contributed by atoms with Crippen LogP contribution >= 0.6 is 11.8 Å². The molecule has 2 aromatic rings. The third-order valence-corrected chi connectivity index (χ3v) is 4.33. The predicted molar refractivity (Wildman–Crippen MR) is 94.4 cm³/mol. The van der Waals surface area contributed by atoms with Gasteiger partial charge in [-0.2, -0.15) is 0 Å². The molecule has 0 amide bonds. The van der Waals surface area contributed by atoms with E-state index < -0.39 is 5.82 Å². The first-order chi connectivity index (χ1) is 11.9. The molecule has 0 atom stereocenters. The highest BCUT2D eigenvalue weighted by Crippen LogP contribution is 2.19. The third kappa shape index (κ3) is 5.16. The maximum Gasteiger partial charge on any atom is 0.306 e. The standard InChI is InChI=1S/C18H21FN2O3S/c1-11-14(12(2)21-18(20-11)25-4)6-8-17(22)24-10-13-5-7-16(23-3)15(19)9-13/h5,7,9H,6,8,10H2,1-4H3. The quantitative estimate of drug-likeness (QED) is 0.425. The lowest BCUT2D eigenvalue weighted by molar-refractivity contribution is -0.144. The van der Waals surface area contributed by atoms with Crippen molar-refractivity contribution in [2.45, 2.75) is 38.5 Å². The van der Waals surface area contributed by atoms with Crippen molar-refractivity contribution in [3.63, 3.8) is 0 Å². The van der Waals surface area contributed by atoms with Gasteiger partial charge in [0.05, 0.1) is 7.11 Å². The molecule has 0 spiro atoms. The fourth-order valence-corrected chi connectivity index (χ4v) is 2.88. The molecule has 2 rings (SSSR count). The van der Waals surface area contributed by atoms with Crippen LogP contribution in [0.3, 0.4) is 0 Å². The van der Waals surface area contributed by atoms with E-state index in [1.165, 1.54) is 31.0 Å². The summed E-state index contributed by atoms with van der Waals surface area (Å²) in [7, 11) is 1.40. The van der Waals surface area contributed by atoms with Crippen LogP contribution in [0.15, 0.2) is 23.4 Å². The Morgan fingerprint density at radius 1 is 1.24 bits per heavy atom. The van der Waals surface area contributed by atoms with Gasteiger partial charge in [-0.1, -0.05) is 17.8 Å². The Balaban J connectivity index is 1.90. The molecule has 1 aromatic heterocycles. The minimum atomic E-state index is -0.478. The van der Waals surface area contributed by atoms with Gasteiger partial charge in [0.2, 0.25) is 0 Å². The summed E-state index contributed by atoms with van der Waals surface area (Å²) in [4.78, 5) is 20.8. The summed E-state index contributed by atoms with van der Waals surface area (Å²) >= 11 is 1.49. The van der Waals surface area contributed by atoms with Gasteiger partial charge >= 0.3 is 5.97 Å². The molecule has 7 heteroatoms. The number of aromatic nitrogens is 2. The van der Waals surface area contributed by atoms with Crippen molar-refractivity contribution >= 4 is 17.7 Å². The molecule has 5 nitrogen and oxygen atoms in total. The van der Waals surface area contributed by atoms with E-state index in [9.17, 15) is 9.18 Å². The van der Waals surface area contributed by atoms with Gasteiger partial charge in [-0.3, -0.25) is 4.79 Å². The van der Waals surface area contributed by atoms with Crippen molar-refractivity contribution < 1.29 is 18.7 Å². The van der Waals surface area contributed by atoms with Gasteiger partial charge in [-0.05, 0) is 49.8 Å². The molecule has 0 aliphatic carbocycles. The van der Waals surface area contributed by atoms with Crippen LogP contribution in [-0.4, -0.2) is 29.3 Å². The van der Waals surface area contributed by atoms with Crippen molar-refractivity contribution in [2.75, 3.05) is 13.4 Å². The molecule has 0 saturated heterocycles. The van der Waals surface area contributed by atoms with Gasteiger partial charge in [-0.15, -0.1) is 0 Å². The normalized spacial score (nSPS) is 10.6. The average Bonchev–Trinajstić information content (AvgIpc) is 2.59. The Morgan fingerprint density at radius 2 is 1.92 bits per heavy atom. The second kappa shape index (κ2) is 8.80. The highest BCUT2D eigenvalue weighted by Gasteiger charge is 2.12. The lowest BCUT2D eigenvalue weighted by atomic mass is 10.1. The van der Waals surface area contributed by atoms with Gasteiger partial charge in [-0.25, -0.2) is 14.4 Å². The second-order valence-electron chi connectivity index (χ2n) is 5.49. The van der Waals surface area contributed by atoms with Gasteiger partial charge in [0, 0.05) is 17.8 Å². The minimum Gasteiger partial charge on any atom is -0.494 e. The molecule has 0 aliphatic heterocycles. The second-order valence-corrected chi connectivity index (χ2v) is 6.26. The zero-order valence-electron chi connectivity index (χ0n) is 14.8. The van der Waals surface area contributed by atoms with Crippen LogP contribution in [0.1, 0.15) is 28.9 Å². The van der Waals surface area contributed by atoms with E-state index >= 15 is 0 Å². The summed E-state index contributed by atoms with van der Waals surface area (Å²) in [5.41, 5.74) is 3.29. The smallest absolute Gasteiger partial charge is 0.306 e. The molecule has 0 aliphatic rings. The molecule has 0 fully saturated rings. The number of hydrogen-bond acceptors (Lipinski definition) is 6. The first-order valence-electron chi connectivity index (χ1n) is 7.80. The molecule has 1 heterocycles. The van der Waals surface area contributed by atoms with Crippen LogP contribution in [0.4, 0.5) is 4.39 Å². The maximum absolute atomic E-state index is 13.6. The fourth-order valence-electron chi connectivity index (χ4n) is 2.42. The van der Waals surface area contributed by atoms with Crippen molar-refractivity contribution in [3.05, 3.63) is 46.5 Å². The molecule has 0 radical (unpaired) electrons. The number of methoxy groups -OCH3 is 1. The Kier molecular flexibility index (Phi) is 6.75. The molecular weight excluding hydrogens is 343 g/mol. The molecule has 25 heavy (non-hydrogen) atoms. The van der Waals surface area contributed by atoms with E-state index in [2.05, 4.69) is 9.97 Å². The Labute approximate surface area is 151 Å². The summed E-state index contributed by atoms with van der Waals surface area (Å²) in [6.45, 7) is 3.85. The summed E-state index contributed by atoms with van der Waals surface area (Å²) in [5.74, 6) is -0.660. The van der Waals surface area contributed by atoms with Crippen LogP contribution in [0.2, 0.25) is 0 Å². The van der Waals surface area contributed by atoms with E-state index in [0.29, 0.717) is 12.0 Å². The highest BCUT2D eigenvalue weighted by atomic mass is 32.2. The van der Waals surface area contributed by atoms with E-state index in [1.54, 1.807) is 6.07 Å². The maximum atomic E-state index is 13.6. The number of aryl methyl sites for hydroxylation is 2. The molecule has 0 saturated carbocycles. The molecule has 134 valence electrons. The van der Waals surface area contributed by atoms with E-state index in [4.69, 9.17) is 9.47 Å². The number of benzene rings is 1. The summed E-state index contributed by atoms with van der Waals surface area (Å²) < 4.78 is 23.7. The minimum absolute atomic E-state index is 0.0274. The number of halogens is 1. The van der Waals surface area contributed by atoms with Gasteiger partial charge in [0.15, 0.2) is 16.7 Å². The van der Waals surface area contributed by atoms with Gasteiger partial charge < -0.3 is 9.47 Å². The summed E-state index contributed by atoms with van der Waals surface area (Å²) in [5, 5.41) is 0.725. The summed E-state index contributed by atoms with van der Waals surface area (Å²) in [6.07, 6.45) is 2.66. The zero-order valence-corrected chi connectivity index (χ0v) is 15.6. The zero-order chi connectivity index (χ0) is 18.4. The summed E-state index contributed by atoms with van der Waals surface area (Å²) in [6, 6.07) is 4.48. The first-order valence-corrected chi connectivity index (χ1v) is 9.03. The first kappa shape index (κ1) is 19.2. The van der Waals surface area contributed by atoms with Crippen molar-refractivity contribution in [2.24, 2.45) is 0 Å². The number of thioether (sulfide) groups is 1. The Bertz CT molecular complexity index is 745. The number of nitrogens with zero attached hydrogens (tertiary/aromatic N) is 2. The Morgan fingerprint density at radius 3 is 2.48 bits per heavy atom. The van der Waals surface area contributed by atoms with E-state index in [0.717, 1.165) is 22.1 Å². The predicted octanol–water partition coefficient (Wildman–Crippen LogP) is 3.64. The number of carbonyl (C=O) groups excluding carboxylic acids is 1. The largest absolute Gasteiger partial charge is 0.494 e. The fraction of sp³-hybridized carbons (Fsp3) is 0.389. The lowest BCUT2D eigenvalue weighted by Gasteiger charge is -2.10. The average molecular weight is 364 g/mol. The molecule has 0 N–H and O–H groups in total. The Hall–Kier alpha value is -2.15. The number of rotatable bonds is 7. The highest BCUT2D eigenvalue weighted by molar-refractivity contribution is 7.98. The number of ether oxygens (including phenoxy) is 2. The van der Waals surface area contributed by atoms with Gasteiger partial charge in [0.1, 0.15) is 6.61 Å². The molecule has 0 unspecified atom stereocenters. The van der Waals surface area contributed by atoms with Crippen LogP contribution in [0, 0.1) is 19.7 Å². The van der Waals surface area contributed by atoms with Gasteiger partial charge in [0.25, 0.3) is 0 Å². The molecule has 0 bridgehead atoms. The van der Waals surface area contributed by atoms with Crippen LogP contribution in [-0.2, 0) is 22.6 Å². The van der Waals surface area contributed by atoms with E-state index in [1.807, 2.05) is 20.1 Å². The van der Waals surface area contributed by atoms with Crippen LogP contribution < -0.4 is 4.74 Å². The monoisotopic (exact) mass is 364 g/mol.